The molecule has 1 fully saturated rings. The minimum atomic E-state index is -0.424. The van der Waals surface area contributed by atoms with Gasteiger partial charge in [0.15, 0.2) is 0 Å². The SMILES string of the molecule is C[B]NC(=O)[C@H]1C(C)[C@@]1(C)C(C)=O. The van der Waals surface area contributed by atoms with Gasteiger partial charge in [0.1, 0.15) is 5.78 Å². The Bertz CT molecular complexity index is 254. The van der Waals surface area contributed by atoms with Crippen LogP contribution < -0.4 is 5.23 Å². The summed E-state index contributed by atoms with van der Waals surface area (Å²) in [7, 11) is 1.61. The molecule has 1 unspecified atom stereocenters. The van der Waals surface area contributed by atoms with Gasteiger partial charge in [-0.1, -0.05) is 20.7 Å². The first-order chi connectivity index (χ1) is 5.96. The van der Waals surface area contributed by atoms with Crippen LogP contribution in [0.25, 0.3) is 0 Å². The van der Waals surface area contributed by atoms with Crippen LogP contribution in [0.4, 0.5) is 0 Å². The minimum absolute atomic E-state index is 0.0345. The maximum atomic E-state index is 11.4. The largest absolute Gasteiger partial charge is 0.403 e. The van der Waals surface area contributed by atoms with Crippen LogP contribution in [-0.4, -0.2) is 19.1 Å². The molecule has 1 rings (SSSR count). The van der Waals surface area contributed by atoms with Gasteiger partial charge >= 0.3 is 0 Å². The Hall–Kier alpha value is -0.795. The molecule has 3 nitrogen and oxygen atoms in total. The molecule has 0 aromatic carbocycles. The van der Waals surface area contributed by atoms with Crippen LogP contribution >= 0.6 is 0 Å². The molecule has 0 aromatic heterocycles. The quantitative estimate of drug-likeness (QED) is 0.647. The second kappa shape index (κ2) is 3.16. The molecule has 1 saturated carbocycles. The van der Waals surface area contributed by atoms with E-state index in [9.17, 15) is 9.59 Å². The van der Waals surface area contributed by atoms with E-state index in [1.807, 2.05) is 13.8 Å². The van der Waals surface area contributed by atoms with Gasteiger partial charge in [-0.05, 0) is 12.8 Å². The van der Waals surface area contributed by atoms with Crippen LogP contribution in [0.15, 0.2) is 0 Å². The van der Waals surface area contributed by atoms with Gasteiger partial charge in [0, 0.05) is 5.41 Å². The maximum absolute atomic E-state index is 11.4. The standard InChI is InChI=1S/C9H15BNO2/c1-5-7(8(13)11-10-4)9(5,3)6(2)12/h5,7H,1-4H3,(H,11,13)/t5?,7-,9+/m1/s1. The first-order valence-corrected chi connectivity index (χ1v) is 4.55. The Labute approximate surface area is 79.5 Å². The van der Waals surface area contributed by atoms with Crippen LogP contribution in [0, 0.1) is 17.3 Å². The lowest BCUT2D eigenvalue weighted by molar-refractivity contribution is -0.127. The zero-order valence-corrected chi connectivity index (χ0v) is 8.55. The van der Waals surface area contributed by atoms with Crippen molar-refractivity contribution in [3.8, 4) is 0 Å². The lowest BCUT2D eigenvalue weighted by Crippen LogP contribution is -2.30. The molecule has 0 spiro atoms. The number of Topliss-reactive ketones (excluding diaryl/α,β-unsaturated/α-hetero) is 1. The topological polar surface area (TPSA) is 46.2 Å². The van der Waals surface area contributed by atoms with E-state index in [4.69, 9.17) is 0 Å². The smallest absolute Gasteiger partial charge is 0.242 e. The van der Waals surface area contributed by atoms with E-state index in [1.165, 1.54) is 0 Å². The normalized spacial score (nSPS) is 36.6. The van der Waals surface area contributed by atoms with E-state index in [-0.39, 0.29) is 23.5 Å². The summed E-state index contributed by atoms with van der Waals surface area (Å²) in [6.45, 7) is 7.12. The number of amides is 1. The molecule has 71 valence electrons. The first kappa shape index (κ1) is 10.3. The summed E-state index contributed by atoms with van der Waals surface area (Å²) in [6.07, 6.45) is 0. The molecule has 4 heteroatoms. The molecule has 0 aromatic rings. The van der Waals surface area contributed by atoms with Crippen molar-refractivity contribution in [3.63, 3.8) is 0 Å². The van der Waals surface area contributed by atoms with E-state index in [0.29, 0.717) is 0 Å². The predicted molar refractivity (Wildman–Crippen MR) is 51.2 cm³/mol. The van der Waals surface area contributed by atoms with Gasteiger partial charge in [-0.2, -0.15) is 0 Å². The van der Waals surface area contributed by atoms with Crippen LogP contribution in [0.5, 0.6) is 0 Å². The van der Waals surface area contributed by atoms with Crippen molar-refractivity contribution < 1.29 is 9.59 Å². The zero-order chi connectivity index (χ0) is 10.2. The van der Waals surface area contributed by atoms with Crippen molar-refractivity contribution in [3.05, 3.63) is 0 Å². The summed E-state index contributed by atoms with van der Waals surface area (Å²) in [5, 5.41) is 2.63. The number of nitrogens with one attached hydrogen (secondary N) is 1. The van der Waals surface area contributed by atoms with Crippen LogP contribution in [0.1, 0.15) is 20.8 Å². The highest BCUT2D eigenvalue weighted by molar-refractivity contribution is 6.35. The lowest BCUT2D eigenvalue weighted by atomic mass is 9.97. The number of hydrogen-bond acceptors (Lipinski definition) is 2. The number of hydrogen-bond donors (Lipinski definition) is 1. The second-order valence-electron chi connectivity index (χ2n) is 3.90. The number of rotatable bonds is 3. The summed E-state index contributed by atoms with van der Waals surface area (Å²) in [5.74, 6) is 0.107. The molecule has 0 heterocycles. The molecule has 1 aliphatic rings. The average Bonchev–Trinajstić information content (AvgIpc) is 2.57. The Morgan fingerprint density at radius 3 is 2.31 bits per heavy atom. The Kier molecular flexibility index (Phi) is 2.50. The Morgan fingerprint density at radius 1 is 1.46 bits per heavy atom. The number of carbonyl (C=O) groups excluding carboxylic acids is 2. The van der Waals surface area contributed by atoms with Crippen molar-refractivity contribution in [1.29, 1.82) is 0 Å². The molecule has 1 N–H and O–H groups in total. The molecule has 13 heavy (non-hydrogen) atoms. The van der Waals surface area contributed by atoms with Crippen molar-refractivity contribution in [1.82, 2.24) is 5.23 Å². The third kappa shape index (κ3) is 1.38. The minimum Gasteiger partial charge on any atom is -0.403 e. The van der Waals surface area contributed by atoms with Crippen LogP contribution in [0.2, 0.25) is 6.82 Å². The molecular weight excluding hydrogens is 165 g/mol. The molecule has 1 radical (unpaired) electrons. The molecule has 0 bridgehead atoms. The van der Waals surface area contributed by atoms with Gasteiger partial charge in [-0.15, -0.1) is 0 Å². The highest BCUT2D eigenvalue weighted by Crippen LogP contribution is 2.58. The Morgan fingerprint density at radius 2 is 2.00 bits per heavy atom. The van der Waals surface area contributed by atoms with Gasteiger partial charge in [0.25, 0.3) is 0 Å². The van der Waals surface area contributed by atoms with Crippen molar-refractivity contribution in [2.45, 2.75) is 27.6 Å². The fourth-order valence-electron chi connectivity index (χ4n) is 2.00. The third-order valence-corrected chi connectivity index (χ3v) is 3.31. The van der Waals surface area contributed by atoms with Crippen molar-refractivity contribution >= 4 is 19.1 Å². The maximum Gasteiger partial charge on any atom is 0.242 e. The predicted octanol–water partition coefficient (Wildman–Crippen LogP) is 0.631. The summed E-state index contributed by atoms with van der Waals surface area (Å²) in [5.41, 5.74) is -0.424. The Balaban J connectivity index is 2.67. The highest BCUT2D eigenvalue weighted by Gasteiger charge is 2.64. The monoisotopic (exact) mass is 180 g/mol. The van der Waals surface area contributed by atoms with Crippen LogP contribution in [0.3, 0.4) is 0 Å². The molecule has 1 aliphatic carbocycles. The third-order valence-electron chi connectivity index (χ3n) is 3.31. The summed E-state index contributed by atoms with van der Waals surface area (Å²) in [6, 6.07) is 0. The molecule has 1 amide bonds. The number of carbonyl (C=O) groups is 2. The van der Waals surface area contributed by atoms with Gasteiger partial charge in [0.05, 0.1) is 5.92 Å². The van der Waals surface area contributed by atoms with Crippen molar-refractivity contribution in [2.24, 2.45) is 17.3 Å². The summed E-state index contributed by atoms with van der Waals surface area (Å²) < 4.78 is 0. The van der Waals surface area contributed by atoms with Gasteiger partial charge in [0.2, 0.25) is 13.3 Å². The average molecular weight is 180 g/mol. The highest BCUT2D eigenvalue weighted by atomic mass is 16.2. The van der Waals surface area contributed by atoms with E-state index in [2.05, 4.69) is 5.23 Å². The van der Waals surface area contributed by atoms with E-state index >= 15 is 0 Å². The molecular formula is C9H15BNO2. The fraction of sp³-hybridized carbons (Fsp3) is 0.778. The van der Waals surface area contributed by atoms with Crippen molar-refractivity contribution in [2.75, 3.05) is 0 Å². The van der Waals surface area contributed by atoms with Gasteiger partial charge in [-0.3, -0.25) is 9.59 Å². The second-order valence-corrected chi connectivity index (χ2v) is 3.90. The molecule has 3 atom stereocenters. The fourth-order valence-corrected chi connectivity index (χ4v) is 2.00. The van der Waals surface area contributed by atoms with E-state index < -0.39 is 5.41 Å². The lowest BCUT2D eigenvalue weighted by Gasteiger charge is -2.05. The number of ketones is 1. The van der Waals surface area contributed by atoms with E-state index in [1.54, 1.807) is 21.2 Å². The summed E-state index contributed by atoms with van der Waals surface area (Å²) >= 11 is 0. The van der Waals surface area contributed by atoms with E-state index in [0.717, 1.165) is 0 Å². The van der Waals surface area contributed by atoms with Gasteiger partial charge < -0.3 is 5.23 Å². The molecule has 0 aliphatic heterocycles. The van der Waals surface area contributed by atoms with Crippen LogP contribution in [-0.2, 0) is 9.59 Å². The summed E-state index contributed by atoms with van der Waals surface area (Å²) in [4.78, 5) is 22.7. The first-order valence-electron chi connectivity index (χ1n) is 4.55. The zero-order valence-electron chi connectivity index (χ0n) is 8.55. The van der Waals surface area contributed by atoms with Gasteiger partial charge in [-0.25, -0.2) is 0 Å². The molecule has 0 saturated heterocycles.